The summed E-state index contributed by atoms with van der Waals surface area (Å²) < 4.78 is 18.5. The van der Waals surface area contributed by atoms with E-state index in [1.165, 1.54) is 12.8 Å². The van der Waals surface area contributed by atoms with Crippen LogP contribution in [0.4, 0.5) is 0 Å². The van der Waals surface area contributed by atoms with E-state index in [-0.39, 0.29) is 11.2 Å². The van der Waals surface area contributed by atoms with Crippen LogP contribution in [0, 0.1) is 5.92 Å². The van der Waals surface area contributed by atoms with E-state index in [4.69, 9.17) is 0 Å². The first-order chi connectivity index (χ1) is 12.9. The molecule has 0 amide bonds. The number of nitrogens with zero attached hydrogens (tertiary/aromatic N) is 2. The van der Waals surface area contributed by atoms with Crippen LogP contribution in [-0.4, -0.2) is 26.0 Å². The number of aromatic nitrogens is 2. The van der Waals surface area contributed by atoms with Crippen LogP contribution in [0.5, 0.6) is 0 Å². The van der Waals surface area contributed by atoms with Gasteiger partial charge in [-0.05, 0) is 56.7 Å². The molecule has 8 heteroatoms. The highest BCUT2D eigenvalue weighted by atomic mass is 32.2. The van der Waals surface area contributed by atoms with E-state index in [2.05, 4.69) is 10.1 Å². The lowest BCUT2D eigenvalue weighted by molar-refractivity contribution is 0.446. The van der Waals surface area contributed by atoms with E-state index in [1.54, 1.807) is 29.8 Å². The van der Waals surface area contributed by atoms with Crippen molar-refractivity contribution in [2.75, 3.05) is 12.5 Å². The van der Waals surface area contributed by atoms with Gasteiger partial charge in [0.25, 0.3) is 5.56 Å². The van der Waals surface area contributed by atoms with Gasteiger partial charge in [-0.2, -0.15) is 4.68 Å². The second-order valence-corrected chi connectivity index (χ2v) is 9.23. The lowest BCUT2D eigenvalue weighted by Crippen LogP contribution is -2.44. The van der Waals surface area contributed by atoms with Crippen LogP contribution in [0.25, 0.3) is 10.9 Å². The van der Waals surface area contributed by atoms with E-state index in [0.717, 1.165) is 30.4 Å². The van der Waals surface area contributed by atoms with Crippen LogP contribution in [-0.2, 0) is 17.5 Å². The average molecular weight is 391 g/mol. The topological polar surface area (TPSA) is 85.1 Å². The highest BCUT2D eigenvalue weighted by Crippen LogP contribution is 2.35. The van der Waals surface area contributed by atoms with Crippen molar-refractivity contribution in [1.29, 1.82) is 0 Å². The molecule has 2 fully saturated rings. The Balaban J connectivity index is 1.81. The van der Waals surface area contributed by atoms with Crippen molar-refractivity contribution in [3.05, 3.63) is 39.0 Å². The molecule has 2 aliphatic carbocycles. The number of hydrogen-bond acceptors (Lipinski definition) is 4. The first kappa shape index (κ1) is 18.4. The largest absolute Gasteiger partial charge is 0.350 e. The van der Waals surface area contributed by atoms with Gasteiger partial charge in [-0.25, -0.2) is 13.7 Å². The standard InChI is InChI=1S/C19H26N4O3S/c1-19(9-10-19)21-27(26)14-7-8-16-15(11-14)17(24)23(20-2)18(25)22(16)12-13-5-3-4-6-13/h7-8,11,13,20-21H,3-6,9-10,12H2,1-2H3. The summed E-state index contributed by atoms with van der Waals surface area (Å²) in [6.45, 7) is 2.65. The fraction of sp³-hybridized carbons (Fsp3) is 0.579. The Morgan fingerprint density at radius 3 is 2.56 bits per heavy atom. The van der Waals surface area contributed by atoms with E-state index in [1.807, 2.05) is 6.92 Å². The Hall–Kier alpha value is -1.93. The van der Waals surface area contributed by atoms with E-state index < -0.39 is 16.5 Å². The molecule has 1 heterocycles. The van der Waals surface area contributed by atoms with Crippen LogP contribution >= 0.6 is 0 Å². The highest BCUT2D eigenvalue weighted by molar-refractivity contribution is 7.83. The number of fused-ring (bicyclic) bond motifs is 1. The average Bonchev–Trinajstić information content (AvgIpc) is 3.16. The summed E-state index contributed by atoms with van der Waals surface area (Å²) in [6.07, 6.45) is 6.60. The zero-order valence-corrected chi connectivity index (χ0v) is 16.6. The van der Waals surface area contributed by atoms with Crippen LogP contribution < -0.4 is 21.4 Å². The maximum atomic E-state index is 12.8. The number of rotatable bonds is 6. The Kier molecular flexibility index (Phi) is 4.71. The summed E-state index contributed by atoms with van der Waals surface area (Å²) in [5.74, 6) is 0.457. The fourth-order valence-electron chi connectivity index (χ4n) is 3.87. The molecule has 0 radical (unpaired) electrons. The maximum Gasteiger partial charge on any atom is 0.350 e. The molecule has 1 aromatic heterocycles. The van der Waals surface area contributed by atoms with Crippen molar-refractivity contribution in [1.82, 2.24) is 14.0 Å². The lowest BCUT2D eigenvalue weighted by Gasteiger charge is -2.17. The smallest absolute Gasteiger partial charge is 0.322 e. The molecule has 0 spiro atoms. The normalized spacial score (nSPS) is 20.1. The molecular weight excluding hydrogens is 364 g/mol. The summed E-state index contributed by atoms with van der Waals surface area (Å²) in [5.41, 5.74) is 2.48. The second kappa shape index (κ2) is 6.91. The van der Waals surface area contributed by atoms with Gasteiger partial charge in [0.15, 0.2) is 0 Å². The summed E-state index contributed by atoms with van der Waals surface area (Å²) in [7, 11) is 0.176. The molecule has 2 aromatic rings. The Labute approximate surface area is 160 Å². The molecule has 2 saturated carbocycles. The van der Waals surface area contributed by atoms with E-state index >= 15 is 0 Å². The maximum absolute atomic E-state index is 12.8. The molecule has 0 saturated heterocycles. The first-order valence-electron chi connectivity index (χ1n) is 9.59. The minimum atomic E-state index is -1.39. The third-order valence-corrected chi connectivity index (χ3v) is 7.17. The number of benzene rings is 1. The second-order valence-electron chi connectivity index (χ2n) is 8.02. The molecule has 146 valence electrons. The number of hydrogen-bond donors (Lipinski definition) is 2. The van der Waals surface area contributed by atoms with Gasteiger partial charge in [0.1, 0.15) is 11.0 Å². The molecule has 7 nitrogen and oxygen atoms in total. The number of nitrogens with one attached hydrogen (secondary N) is 2. The molecule has 0 aliphatic heterocycles. The lowest BCUT2D eigenvalue weighted by atomic mass is 10.1. The van der Waals surface area contributed by atoms with Gasteiger partial charge in [-0.3, -0.25) is 9.36 Å². The van der Waals surface area contributed by atoms with Crippen LogP contribution in [0.2, 0.25) is 0 Å². The summed E-state index contributed by atoms with van der Waals surface area (Å²) in [4.78, 5) is 26.2. The quantitative estimate of drug-likeness (QED) is 0.786. The van der Waals surface area contributed by atoms with Crippen molar-refractivity contribution in [3.8, 4) is 0 Å². The first-order valence-corrected chi connectivity index (χ1v) is 10.7. The minimum absolute atomic E-state index is 0.0771. The zero-order chi connectivity index (χ0) is 19.2. The van der Waals surface area contributed by atoms with E-state index in [9.17, 15) is 13.8 Å². The highest BCUT2D eigenvalue weighted by Gasteiger charge is 2.38. The molecule has 4 rings (SSSR count). The van der Waals surface area contributed by atoms with Gasteiger partial charge in [0.2, 0.25) is 0 Å². The fourth-order valence-corrected chi connectivity index (χ4v) is 5.05. The van der Waals surface area contributed by atoms with Crippen LogP contribution in [0.3, 0.4) is 0 Å². The van der Waals surface area contributed by atoms with Crippen LogP contribution in [0.1, 0.15) is 45.4 Å². The minimum Gasteiger partial charge on any atom is -0.322 e. The van der Waals surface area contributed by atoms with Gasteiger partial charge in [0, 0.05) is 19.1 Å². The molecule has 1 unspecified atom stereocenters. The molecule has 1 atom stereocenters. The molecule has 1 aromatic carbocycles. The third kappa shape index (κ3) is 3.48. The van der Waals surface area contributed by atoms with Crippen LogP contribution in [0.15, 0.2) is 32.7 Å². The predicted octanol–water partition coefficient (Wildman–Crippen LogP) is 1.69. The van der Waals surface area contributed by atoms with Crippen molar-refractivity contribution in [2.45, 2.75) is 62.4 Å². The third-order valence-electron chi connectivity index (χ3n) is 5.81. The summed E-state index contributed by atoms with van der Waals surface area (Å²) in [6, 6.07) is 5.17. The predicted molar refractivity (Wildman–Crippen MR) is 107 cm³/mol. The Morgan fingerprint density at radius 2 is 1.93 bits per heavy atom. The monoisotopic (exact) mass is 390 g/mol. The van der Waals surface area contributed by atoms with Crippen molar-refractivity contribution in [2.24, 2.45) is 5.92 Å². The van der Waals surface area contributed by atoms with Gasteiger partial charge < -0.3 is 5.43 Å². The Morgan fingerprint density at radius 1 is 1.22 bits per heavy atom. The summed E-state index contributed by atoms with van der Waals surface area (Å²) in [5, 5.41) is 0.413. The zero-order valence-electron chi connectivity index (χ0n) is 15.8. The van der Waals surface area contributed by atoms with Crippen molar-refractivity contribution < 1.29 is 4.21 Å². The molecule has 0 bridgehead atoms. The van der Waals surface area contributed by atoms with Gasteiger partial charge >= 0.3 is 5.69 Å². The van der Waals surface area contributed by atoms with Gasteiger partial charge in [-0.1, -0.05) is 12.8 Å². The van der Waals surface area contributed by atoms with Crippen molar-refractivity contribution >= 4 is 21.9 Å². The van der Waals surface area contributed by atoms with Gasteiger partial charge in [-0.15, -0.1) is 0 Å². The Bertz CT molecular complexity index is 1020. The molecule has 2 N–H and O–H groups in total. The molecule has 2 aliphatic rings. The SMILES string of the molecule is CNn1c(=O)c2cc(S(=O)NC3(C)CC3)ccc2n(CC2CCCC2)c1=O. The molecular formula is C19H26N4O3S. The molecule has 27 heavy (non-hydrogen) atoms. The van der Waals surface area contributed by atoms with E-state index in [0.29, 0.717) is 28.3 Å². The van der Waals surface area contributed by atoms with Crippen molar-refractivity contribution in [3.63, 3.8) is 0 Å². The van der Waals surface area contributed by atoms with Gasteiger partial charge in [0.05, 0.1) is 15.8 Å². The summed E-state index contributed by atoms with van der Waals surface area (Å²) >= 11 is 0.